The first-order valence-corrected chi connectivity index (χ1v) is 7.89. The quantitative estimate of drug-likeness (QED) is 0.833. The van der Waals surface area contributed by atoms with Crippen LogP contribution in [0.25, 0.3) is 11.5 Å². The number of aromatic nitrogens is 2. The number of rotatable bonds is 4. The number of carbonyl (C=O) groups is 2. The van der Waals surface area contributed by atoms with Crippen LogP contribution in [0.1, 0.15) is 18.1 Å². The van der Waals surface area contributed by atoms with Crippen LogP contribution in [0.4, 0.5) is 4.79 Å². The summed E-state index contributed by atoms with van der Waals surface area (Å²) in [7, 11) is 1.44. The Morgan fingerprint density at radius 2 is 1.96 bits per heavy atom. The van der Waals surface area contributed by atoms with Gasteiger partial charge in [0.1, 0.15) is 0 Å². The molecule has 2 N–H and O–H groups in total. The molecule has 0 saturated carbocycles. The summed E-state index contributed by atoms with van der Waals surface area (Å²) in [5.74, 6) is -0.0326. The molecule has 1 aromatic heterocycles. The Kier molecular flexibility index (Phi) is 5.38. The summed E-state index contributed by atoms with van der Waals surface area (Å²) in [5, 5.41) is 12.2. The first-order chi connectivity index (χ1) is 10.9. The Morgan fingerprint density at radius 3 is 2.61 bits per heavy atom. The summed E-state index contributed by atoms with van der Waals surface area (Å²) in [6, 6.07) is 5.32. The summed E-state index contributed by atoms with van der Waals surface area (Å²) in [5.41, 5.74) is 3.14. The van der Waals surface area contributed by atoms with Crippen LogP contribution in [0.5, 0.6) is 0 Å². The van der Waals surface area contributed by atoms with E-state index < -0.39 is 17.2 Å². The zero-order valence-electron chi connectivity index (χ0n) is 13.3. The molecule has 0 fully saturated rings. The molecule has 0 radical (unpaired) electrons. The third-order valence-corrected chi connectivity index (χ3v) is 4.21. The number of urea groups is 1. The number of benzene rings is 1. The molecule has 1 aromatic carbocycles. The second-order valence-electron chi connectivity index (χ2n) is 5.00. The van der Waals surface area contributed by atoms with Gasteiger partial charge in [-0.05, 0) is 44.0 Å². The molecule has 122 valence electrons. The lowest BCUT2D eigenvalue weighted by atomic mass is 10.1. The predicted octanol–water partition coefficient (Wildman–Crippen LogP) is 2.29. The summed E-state index contributed by atoms with van der Waals surface area (Å²) < 4.78 is 5.58. The highest BCUT2D eigenvalue weighted by molar-refractivity contribution is 8.00. The Hall–Kier alpha value is -2.35. The highest BCUT2D eigenvalue weighted by Gasteiger charge is 2.20. The molecule has 2 aromatic rings. The smallest absolute Gasteiger partial charge is 0.321 e. The van der Waals surface area contributed by atoms with Crippen molar-refractivity contribution in [1.82, 2.24) is 20.8 Å². The number of amides is 3. The number of aryl methyl sites for hydroxylation is 2. The van der Waals surface area contributed by atoms with Gasteiger partial charge in [-0.15, -0.1) is 10.2 Å². The maximum atomic E-state index is 11.8. The lowest BCUT2D eigenvalue weighted by Crippen LogP contribution is -2.41. The highest BCUT2D eigenvalue weighted by atomic mass is 32.2. The molecule has 1 atom stereocenters. The van der Waals surface area contributed by atoms with Crippen LogP contribution >= 0.6 is 11.8 Å². The average Bonchev–Trinajstić information content (AvgIpc) is 2.98. The second-order valence-corrected chi connectivity index (χ2v) is 6.29. The Morgan fingerprint density at radius 1 is 1.22 bits per heavy atom. The van der Waals surface area contributed by atoms with Gasteiger partial charge < -0.3 is 9.73 Å². The summed E-state index contributed by atoms with van der Waals surface area (Å²) in [6.07, 6.45) is 0. The molecule has 8 heteroatoms. The number of nitrogens with one attached hydrogen (secondary N) is 2. The number of hydrogen-bond donors (Lipinski definition) is 2. The van der Waals surface area contributed by atoms with Crippen LogP contribution < -0.4 is 10.6 Å². The Bertz CT molecular complexity index is 729. The number of thioether (sulfide) groups is 1. The molecule has 23 heavy (non-hydrogen) atoms. The van der Waals surface area contributed by atoms with Gasteiger partial charge in [0.25, 0.3) is 5.22 Å². The van der Waals surface area contributed by atoms with Gasteiger partial charge in [0.05, 0.1) is 5.25 Å². The van der Waals surface area contributed by atoms with E-state index in [1.54, 1.807) is 6.92 Å². The maximum absolute atomic E-state index is 11.8. The topological polar surface area (TPSA) is 97.1 Å². The van der Waals surface area contributed by atoms with Gasteiger partial charge in [-0.3, -0.25) is 10.1 Å². The third-order valence-electron chi connectivity index (χ3n) is 3.27. The van der Waals surface area contributed by atoms with Crippen LogP contribution in [0.2, 0.25) is 0 Å². The van der Waals surface area contributed by atoms with Gasteiger partial charge in [-0.25, -0.2) is 4.79 Å². The van der Waals surface area contributed by atoms with Gasteiger partial charge in [0.2, 0.25) is 11.8 Å². The standard InChI is InChI=1S/C15H18N4O3S/c1-8-5-6-11(7-9(8)2)13-18-19-15(22-13)23-10(3)12(20)17-14(21)16-4/h5-7,10H,1-4H3,(H2,16,17,20,21)/t10-/m0/s1. The summed E-state index contributed by atoms with van der Waals surface area (Å²) in [4.78, 5) is 22.9. The molecular weight excluding hydrogens is 316 g/mol. The van der Waals surface area contributed by atoms with Crippen molar-refractivity contribution in [2.45, 2.75) is 31.2 Å². The zero-order valence-corrected chi connectivity index (χ0v) is 14.2. The van der Waals surface area contributed by atoms with Crippen molar-refractivity contribution in [3.63, 3.8) is 0 Å². The molecule has 2 rings (SSSR count). The number of nitrogens with zero attached hydrogens (tertiary/aromatic N) is 2. The van der Waals surface area contributed by atoms with E-state index in [1.807, 2.05) is 32.0 Å². The van der Waals surface area contributed by atoms with Crippen molar-refractivity contribution in [2.24, 2.45) is 0 Å². The van der Waals surface area contributed by atoms with E-state index in [2.05, 4.69) is 20.8 Å². The fourth-order valence-electron chi connectivity index (χ4n) is 1.73. The molecule has 0 unspecified atom stereocenters. The van der Waals surface area contributed by atoms with E-state index in [0.29, 0.717) is 5.89 Å². The van der Waals surface area contributed by atoms with E-state index in [1.165, 1.54) is 12.6 Å². The monoisotopic (exact) mass is 334 g/mol. The molecule has 0 spiro atoms. The molecule has 0 aliphatic carbocycles. The van der Waals surface area contributed by atoms with Crippen LogP contribution in [-0.2, 0) is 4.79 Å². The van der Waals surface area contributed by atoms with Crippen LogP contribution in [0.3, 0.4) is 0 Å². The van der Waals surface area contributed by atoms with Crippen molar-refractivity contribution >= 4 is 23.7 Å². The van der Waals surface area contributed by atoms with Gasteiger partial charge >= 0.3 is 6.03 Å². The molecule has 1 heterocycles. The zero-order chi connectivity index (χ0) is 17.0. The highest BCUT2D eigenvalue weighted by Crippen LogP contribution is 2.27. The van der Waals surface area contributed by atoms with E-state index >= 15 is 0 Å². The first kappa shape index (κ1) is 17.0. The second kappa shape index (κ2) is 7.28. The van der Waals surface area contributed by atoms with E-state index in [0.717, 1.165) is 22.9 Å². The minimum Gasteiger partial charge on any atom is -0.411 e. The van der Waals surface area contributed by atoms with Crippen molar-refractivity contribution in [2.75, 3.05) is 7.05 Å². The number of hydrogen-bond acceptors (Lipinski definition) is 6. The maximum Gasteiger partial charge on any atom is 0.321 e. The molecular formula is C15H18N4O3S. The van der Waals surface area contributed by atoms with E-state index in [4.69, 9.17) is 4.42 Å². The lowest BCUT2D eigenvalue weighted by Gasteiger charge is -2.07. The molecule has 0 aliphatic rings. The number of carbonyl (C=O) groups excluding carboxylic acids is 2. The van der Waals surface area contributed by atoms with Crippen molar-refractivity contribution in [3.8, 4) is 11.5 Å². The van der Waals surface area contributed by atoms with Crippen LogP contribution in [0, 0.1) is 13.8 Å². The molecule has 0 bridgehead atoms. The Balaban J connectivity index is 2.05. The van der Waals surface area contributed by atoms with Gasteiger partial charge in [0, 0.05) is 12.6 Å². The van der Waals surface area contributed by atoms with E-state index in [9.17, 15) is 9.59 Å². The SMILES string of the molecule is CNC(=O)NC(=O)[C@H](C)Sc1nnc(-c2ccc(C)c(C)c2)o1. The normalized spacial score (nSPS) is 11.8. The van der Waals surface area contributed by atoms with Crippen molar-refractivity contribution in [3.05, 3.63) is 29.3 Å². The van der Waals surface area contributed by atoms with Crippen molar-refractivity contribution < 1.29 is 14.0 Å². The fourth-order valence-corrected chi connectivity index (χ4v) is 2.41. The largest absolute Gasteiger partial charge is 0.411 e. The number of imide groups is 1. The predicted molar refractivity (Wildman–Crippen MR) is 87.1 cm³/mol. The van der Waals surface area contributed by atoms with Crippen molar-refractivity contribution in [1.29, 1.82) is 0 Å². The molecule has 7 nitrogen and oxygen atoms in total. The summed E-state index contributed by atoms with van der Waals surface area (Å²) >= 11 is 1.09. The Labute approximate surface area is 138 Å². The first-order valence-electron chi connectivity index (χ1n) is 7.01. The summed E-state index contributed by atoms with van der Waals surface area (Å²) in [6.45, 7) is 5.69. The minimum absolute atomic E-state index is 0.276. The lowest BCUT2D eigenvalue weighted by molar-refractivity contribution is -0.119. The van der Waals surface area contributed by atoms with Gasteiger partial charge in [-0.2, -0.15) is 0 Å². The average molecular weight is 334 g/mol. The molecule has 0 saturated heterocycles. The van der Waals surface area contributed by atoms with Gasteiger partial charge in [0.15, 0.2) is 0 Å². The molecule has 0 aliphatic heterocycles. The van der Waals surface area contributed by atoms with Crippen LogP contribution in [0.15, 0.2) is 27.8 Å². The molecule has 3 amide bonds. The van der Waals surface area contributed by atoms with Gasteiger partial charge in [-0.1, -0.05) is 17.8 Å². The fraction of sp³-hybridized carbons (Fsp3) is 0.333. The third kappa shape index (κ3) is 4.32. The van der Waals surface area contributed by atoms with E-state index in [-0.39, 0.29) is 5.22 Å². The minimum atomic E-state index is -0.552. The van der Waals surface area contributed by atoms with Crippen LogP contribution in [-0.4, -0.2) is 34.4 Å².